The molecule has 0 bridgehead atoms. The van der Waals surface area contributed by atoms with Gasteiger partial charge in [-0.05, 0) is 48.5 Å². The van der Waals surface area contributed by atoms with Crippen molar-refractivity contribution in [3.8, 4) is 11.5 Å². The van der Waals surface area contributed by atoms with E-state index in [4.69, 9.17) is 16.2 Å². The second-order valence-corrected chi connectivity index (χ2v) is 6.48. The Hall–Kier alpha value is -3.77. The maximum absolute atomic E-state index is 6.47. The summed E-state index contributed by atoms with van der Waals surface area (Å²) in [6.07, 6.45) is 3.41. The Kier molecular flexibility index (Phi) is 4.70. The maximum Gasteiger partial charge on any atom is 0.158 e. The summed E-state index contributed by atoms with van der Waals surface area (Å²) in [5, 5.41) is 6.38. The van der Waals surface area contributed by atoms with Gasteiger partial charge in [-0.25, -0.2) is 4.99 Å². The van der Waals surface area contributed by atoms with Crippen LogP contribution in [0.4, 0.5) is 11.4 Å². The number of aliphatic imine (C=N–C) groups is 1. The number of nitrogens with one attached hydrogen (secondary N) is 2. The van der Waals surface area contributed by atoms with Crippen molar-refractivity contribution in [1.82, 2.24) is 5.32 Å². The van der Waals surface area contributed by atoms with E-state index in [9.17, 15) is 0 Å². The summed E-state index contributed by atoms with van der Waals surface area (Å²) in [6, 6.07) is 24.8. The molecule has 1 aliphatic heterocycles. The normalized spacial score (nSPS) is 18.1. The minimum atomic E-state index is -0.987. The monoisotopic (exact) mass is 371 g/mol. The summed E-state index contributed by atoms with van der Waals surface area (Å²) < 4.78 is 5.81. The lowest BCUT2D eigenvalue weighted by molar-refractivity contribution is 0.483. The molecule has 4 rings (SSSR count). The molecule has 1 unspecified atom stereocenters. The Bertz CT molecular complexity index is 1010. The first-order chi connectivity index (χ1) is 13.6. The molecule has 0 amide bonds. The van der Waals surface area contributed by atoms with Gasteiger partial charge in [0.25, 0.3) is 0 Å². The van der Waals surface area contributed by atoms with Gasteiger partial charge in [0, 0.05) is 23.0 Å². The third kappa shape index (κ3) is 3.97. The number of hydrogen-bond donors (Lipinski definition) is 4. The number of rotatable bonds is 5. The van der Waals surface area contributed by atoms with Crippen LogP contribution in [0.2, 0.25) is 0 Å². The molecule has 0 radical (unpaired) electrons. The predicted octanol–water partition coefficient (Wildman–Crippen LogP) is 3.76. The van der Waals surface area contributed by atoms with Gasteiger partial charge in [-0.15, -0.1) is 0 Å². The third-order valence-electron chi connectivity index (χ3n) is 4.32. The van der Waals surface area contributed by atoms with Crippen LogP contribution in [-0.4, -0.2) is 6.34 Å². The number of anilines is 2. The van der Waals surface area contributed by atoms with Crippen molar-refractivity contribution < 1.29 is 4.74 Å². The highest BCUT2D eigenvalue weighted by Gasteiger charge is 2.26. The van der Waals surface area contributed by atoms with Gasteiger partial charge in [0.2, 0.25) is 0 Å². The zero-order valence-corrected chi connectivity index (χ0v) is 15.2. The molecule has 1 heterocycles. The summed E-state index contributed by atoms with van der Waals surface area (Å²) in [4.78, 5) is 4.38. The van der Waals surface area contributed by atoms with Gasteiger partial charge < -0.3 is 21.1 Å². The number of ether oxygens (including phenoxy) is 1. The van der Waals surface area contributed by atoms with Gasteiger partial charge in [0.1, 0.15) is 17.3 Å². The van der Waals surface area contributed by atoms with Crippen molar-refractivity contribution in [3.05, 3.63) is 96.3 Å². The molecule has 1 aliphatic rings. The number of para-hydroxylation sites is 1. The first-order valence-electron chi connectivity index (χ1n) is 8.89. The fourth-order valence-corrected chi connectivity index (χ4v) is 2.91. The van der Waals surface area contributed by atoms with Crippen LogP contribution in [0.15, 0.2) is 95.8 Å². The second kappa shape index (κ2) is 7.46. The minimum absolute atomic E-state index is 0.646. The van der Waals surface area contributed by atoms with Gasteiger partial charge in [0.15, 0.2) is 5.66 Å². The third-order valence-corrected chi connectivity index (χ3v) is 4.32. The zero-order chi connectivity index (χ0) is 19.4. The maximum atomic E-state index is 6.47. The molecule has 0 fully saturated rings. The van der Waals surface area contributed by atoms with E-state index >= 15 is 0 Å². The molecule has 0 aromatic heterocycles. The summed E-state index contributed by atoms with van der Waals surface area (Å²) in [5.74, 6) is 2.29. The Labute approximate surface area is 163 Å². The molecule has 0 spiro atoms. The van der Waals surface area contributed by atoms with Gasteiger partial charge >= 0.3 is 0 Å². The van der Waals surface area contributed by atoms with Gasteiger partial charge in [-0.1, -0.05) is 30.3 Å². The highest BCUT2D eigenvalue weighted by atomic mass is 16.5. The van der Waals surface area contributed by atoms with Crippen LogP contribution in [0.1, 0.15) is 5.56 Å². The lowest BCUT2D eigenvalue weighted by atomic mass is 9.99. The van der Waals surface area contributed by atoms with Crippen molar-refractivity contribution in [2.45, 2.75) is 5.66 Å². The largest absolute Gasteiger partial charge is 0.457 e. The summed E-state index contributed by atoms with van der Waals surface area (Å²) in [7, 11) is 0. The van der Waals surface area contributed by atoms with E-state index in [0.717, 1.165) is 28.6 Å². The molecule has 0 saturated heterocycles. The van der Waals surface area contributed by atoms with E-state index in [1.54, 1.807) is 6.34 Å². The van der Waals surface area contributed by atoms with E-state index < -0.39 is 5.66 Å². The van der Waals surface area contributed by atoms with Crippen LogP contribution in [0.3, 0.4) is 0 Å². The van der Waals surface area contributed by atoms with Crippen molar-refractivity contribution >= 4 is 17.7 Å². The molecule has 140 valence electrons. The molecule has 6 N–H and O–H groups in total. The first kappa shape index (κ1) is 17.6. The van der Waals surface area contributed by atoms with Crippen LogP contribution in [0.5, 0.6) is 11.5 Å². The van der Waals surface area contributed by atoms with Crippen LogP contribution in [-0.2, 0) is 5.66 Å². The molecule has 28 heavy (non-hydrogen) atoms. The van der Waals surface area contributed by atoms with Crippen LogP contribution < -0.4 is 26.8 Å². The van der Waals surface area contributed by atoms with Gasteiger partial charge in [-0.2, -0.15) is 0 Å². The summed E-state index contributed by atoms with van der Waals surface area (Å²) in [6.45, 7) is 0. The van der Waals surface area contributed by atoms with E-state index in [0.29, 0.717) is 5.69 Å². The molecule has 1 atom stereocenters. The average molecular weight is 371 g/mol. The van der Waals surface area contributed by atoms with Crippen molar-refractivity contribution in [1.29, 1.82) is 0 Å². The first-order valence-corrected chi connectivity index (χ1v) is 8.89. The number of benzene rings is 3. The topological polar surface area (TPSA) is 97.7 Å². The molecule has 0 saturated carbocycles. The molecule has 3 aromatic rings. The zero-order valence-electron chi connectivity index (χ0n) is 15.2. The molecule has 6 heteroatoms. The summed E-state index contributed by atoms with van der Waals surface area (Å²) in [5.41, 5.74) is 13.7. The van der Waals surface area contributed by atoms with Crippen molar-refractivity contribution in [2.24, 2.45) is 10.7 Å². The highest BCUT2D eigenvalue weighted by Crippen LogP contribution is 2.27. The van der Waals surface area contributed by atoms with E-state index in [-0.39, 0.29) is 0 Å². The Morgan fingerprint density at radius 1 is 0.893 bits per heavy atom. The fraction of sp³-hybridized carbons (Fsp3) is 0.0455. The number of nitrogens with two attached hydrogens (primary N) is 2. The standard InChI is InChI=1S/C22H21N5O/c23-17-6-4-5-16(13-17)22(24)14-21(25-15-26-22)27-18-9-11-20(12-10-18)28-19-7-2-1-3-8-19/h1-15,27H,23-24H2,(H,25,26). The smallest absolute Gasteiger partial charge is 0.158 e. The number of hydrogen-bond acceptors (Lipinski definition) is 6. The molecule has 0 aliphatic carbocycles. The highest BCUT2D eigenvalue weighted by molar-refractivity contribution is 5.65. The Morgan fingerprint density at radius 2 is 1.64 bits per heavy atom. The number of nitrogens with zero attached hydrogens (tertiary/aromatic N) is 1. The quantitative estimate of drug-likeness (QED) is 0.512. The minimum Gasteiger partial charge on any atom is -0.457 e. The second-order valence-electron chi connectivity index (χ2n) is 6.48. The van der Waals surface area contributed by atoms with Crippen molar-refractivity contribution in [2.75, 3.05) is 11.1 Å². The van der Waals surface area contributed by atoms with Gasteiger partial charge in [0.05, 0.1) is 6.34 Å². The van der Waals surface area contributed by atoms with Gasteiger partial charge in [-0.3, -0.25) is 5.73 Å². The Balaban J connectivity index is 1.48. The Morgan fingerprint density at radius 3 is 2.39 bits per heavy atom. The van der Waals surface area contributed by atoms with E-state index in [1.807, 2.05) is 84.9 Å². The SMILES string of the molecule is Nc1cccc(C2(N)C=C(Nc3ccc(Oc4ccccc4)cc3)NC=N2)c1. The number of nitrogen functional groups attached to an aromatic ring is 1. The van der Waals surface area contributed by atoms with Crippen LogP contribution in [0, 0.1) is 0 Å². The fourth-order valence-electron chi connectivity index (χ4n) is 2.91. The van der Waals surface area contributed by atoms with Crippen LogP contribution in [0.25, 0.3) is 0 Å². The van der Waals surface area contributed by atoms with E-state index in [2.05, 4.69) is 15.6 Å². The predicted molar refractivity (Wildman–Crippen MR) is 113 cm³/mol. The lowest BCUT2D eigenvalue weighted by Crippen LogP contribution is -2.39. The lowest BCUT2D eigenvalue weighted by Gasteiger charge is -2.27. The molecule has 6 nitrogen and oxygen atoms in total. The van der Waals surface area contributed by atoms with Crippen molar-refractivity contribution in [3.63, 3.8) is 0 Å². The summed E-state index contributed by atoms with van der Waals surface area (Å²) >= 11 is 0. The average Bonchev–Trinajstić information content (AvgIpc) is 2.70. The van der Waals surface area contributed by atoms with E-state index in [1.165, 1.54) is 0 Å². The molecular weight excluding hydrogens is 350 g/mol. The van der Waals surface area contributed by atoms with Crippen LogP contribution >= 0.6 is 0 Å². The molecular formula is C22H21N5O. The molecule has 3 aromatic carbocycles.